The van der Waals surface area contributed by atoms with Gasteiger partial charge in [0.25, 0.3) is 5.91 Å². The fraction of sp³-hybridized carbons (Fsp3) is 0.227. The SMILES string of the molecule is O=C(c1ccc(-n2cccn2)cc1)N1CCC[C@H](c2nc3ccccc3s2)C1. The predicted molar refractivity (Wildman–Crippen MR) is 111 cm³/mol. The molecule has 0 bridgehead atoms. The maximum Gasteiger partial charge on any atom is 0.253 e. The van der Waals surface area contributed by atoms with Crippen LogP contribution >= 0.6 is 11.3 Å². The molecular weight excluding hydrogens is 368 g/mol. The molecule has 140 valence electrons. The number of nitrogens with zero attached hydrogens (tertiary/aromatic N) is 4. The van der Waals surface area contributed by atoms with Crippen LogP contribution in [0, 0.1) is 0 Å². The molecule has 0 radical (unpaired) electrons. The Kier molecular flexibility index (Phi) is 4.41. The van der Waals surface area contributed by atoms with Crippen LogP contribution in [0.3, 0.4) is 0 Å². The highest BCUT2D eigenvalue weighted by molar-refractivity contribution is 7.18. The number of likely N-dealkylation sites (tertiary alicyclic amines) is 1. The van der Waals surface area contributed by atoms with Crippen molar-refractivity contribution in [3.05, 3.63) is 77.6 Å². The van der Waals surface area contributed by atoms with Gasteiger partial charge in [0.1, 0.15) is 0 Å². The summed E-state index contributed by atoms with van der Waals surface area (Å²) >= 11 is 1.76. The van der Waals surface area contributed by atoms with Crippen LogP contribution in [0.5, 0.6) is 0 Å². The van der Waals surface area contributed by atoms with Crippen molar-refractivity contribution >= 4 is 27.5 Å². The first kappa shape index (κ1) is 17.1. The molecule has 0 aliphatic carbocycles. The highest BCUT2D eigenvalue weighted by Crippen LogP contribution is 2.33. The van der Waals surface area contributed by atoms with Gasteiger partial charge < -0.3 is 4.90 Å². The van der Waals surface area contributed by atoms with Crippen LogP contribution in [0.4, 0.5) is 0 Å². The quantitative estimate of drug-likeness (QED) is 0.519. The smallest absolute Gasteiger partial charge is 0.253 e. The van der Waals surface area contributed by atoms with Gasteiger partial charge in [-0.2, -0.15) is 5.10 Å². The second-order valence-electron chi connectivity index (χ2n) is 7.11. The fourth-order valence-electron chi connectivity index (χ4n) is 3.79. The molecule has 0 spiro atoms. The summed E-state index contributed by atoms with van der Waals surface area (Å²) in [5, 5.41) is 5.37. The van der Waals surface area contributed by atoms with E-state index >= 15 is 0 Å². The summed E-state index contributed by atoms with van der Waals surface area (Å²) in [6.45, 7) is 1.54. The molecular formula is C22H20N4OS. The fourth-order valence-corrected chi connectivity index (χ4v) is 4.88. The van der Waals surface area contributed by atoms with Crippen molar-refractivity contribution in [3.8, 4) is 5.69 Å². The van der Waals surface area contributed by atoms with E-state index in [0.717, 1.165) is 47.7 Å². The maximum atomic E-state index is 13.0. The van der Waals surface area contributed by atoms with Crippen molar-refractivity contribution < 1.29 is 4.79 Å². The zero-order valence-corrected chi connectivity index (χ0v) is 16.2. The van der Waals surface area contributed by atoms with Crippen LogP contribution < -0.4 is 0 Å². The molecule has 1 aliphatic rings. The van der Waals surface area contributed by atoms with Crippen LogP contribution in [0.1, 0.15) is 34.1 Å². The highest BCUT2D eigenvalue weighted by atomic mass is 32.1. The predicted octanol–water partition coefficient (Wildman–Crippen LogP) is 4.50. The number of carbonyl (C=O) groups is 1. The monoisotopic (exact) mass is 388 g/mol. The van der Waals surface area contributed by atoms with Gasteiger partial charge in [-0.1, -0.05) is 12.1 Å². The molecule has 1 amide bonds. The lowest BCUT2D eigenvalue weighted by Gasteiger charge is -2.32. The molecule has 6 heteroatoms. The minimum atomic E-state index is 0.0952. The molecule has 2 aromatic heterocycles. The van der Waals surface area contributed by atoms with E-state index in [-0.39, 0.29) is 5.91 Å². The topological polar surface area (TPSA) is 51.0 Å². The lowest BCUT2D eigenvalue weighted by atomic mass is 9.98. The Hall–Kier alpha value is -2.99. The number of amides is 1. The number of para-hydroxylation sites is 1. The Morgan fingerprint density at radius 3 is 2.71 bits per heavy atom. The zero-order chi connectivity index (χ0) is 18.9. The summed E-state index contributed by atoms with van der Waals surface area (Å²) in [6, 6.07) is 17.8. The van der Waals surface area contributed by atoms with Crippen molar-refractivity contribution in [2.45, 2.75) is 18.8 Å². The summed E-state index contributed by atoms with van der Waals surface area (Å²) in [5.41, 5.74) is 2.73. The normalized spacial score (nSPS) is 17.1. The summed E-state index contributed by atoms with van der Waals surface area (Å²) in [7, 11) is 0. The molecule has 5 rings (SSSR count). The Morgan fingerprint density at radius 1 is 1.07 bits per heavy atom. The molecule has 28 heavy (non-hydrogen) atoms. The van der Waals surface area contributed by atoms with Crippen molar-refractivity contribution in [2.24, 2.45) is 0 Å². The summed E-state index contributed by atoms with van der Waals surface area (Å²) in [4.78, 5) is 19.8. The molecule has 2 aromatic carbocycles. The van der Waals surface area contributed by atoms with E-state index in [1.807, 2.05) is 53.6 Å². The van der Waals surface area contributed by atoms with Crippen molar-refractivity contribution in [1.82, 2.24) is 19.7 Å². The minimum absolute atomic E-state index is 0.0952. The van der Waals surface area contributed by atoms with Gasteiger partial charge in [0, 0.05) is 37.0 Å². The molecule has 0 unspecified atom stereocenters. The zero-order valence-electron chi connectivity index (χ0n) is 15.4. The number of piperidine rings is 1. The molecule has 1 aliphatic heterocycles. The average molecular weight is 388 g/mol. The van der Waals surface area contributed by atoms with E-state index in [1.165, 1.54) is 4.70 Å². The second kappa shape index (κ2) is 7.20. The van der Waals surface area contributed by atoms with Crippen LogP contribution in [0.2, 0.25) is 0 Å². The Labute approximate surface area is 167 Å². The van der Waals surface area contributed by atoms with E-state index in [0.29, 0.717) is 5.92 Å². The first-order chi connectivity index (χ1) is 13.8. The van der Waals surface area contributed by atoms with E-state index in [4.69, 9.17) is 4.98 Å². The minimum Gasteiger partial charge on any atom is -0.338 e. The largest absolute Gasteiger partial charge is 0.338 e. The van der Waals surface area contributed by atoms with Gasteiger partial charge in [0.05, 0.1) is 20.9 Å². The van der Waals surface area contributed by atoms with E-state index < -0.39 is 0 Å². The average Bonchev–Trinajstić information content (AvgIpc) is 3.43. The van der Waals surface area contributed by atoms with Gasteiger partial charge in [-0.25, -0.2) is 9.67 Å². The van der Waals surface area contributed by atoms with E-state index in [9.17, 15) is 4.79 Å². The molecule has 1 atom stereocenters. The summed E-state index contributed by atoms with van der Waals surface area (Å²) < 4.78 is 3.01. The first-order valence-electron chi connectivity index (χ1n) is 9.53. The third-order valence-electron chi connectivity index (χ3n) is 5.25. The van der Waals surface area contributed by atoms with Gasteiger partial charge in [0.2, 0.25) is 0 Å². The summed E-state index contributed by atoms with van der Waals surface area (Å²) in [6.07, 6.45) is 5.73. The van der Waals surface area contributed by atoms with Crippen LogP contribution in [-0.4, -0.2) is 38.7 Å². The number of fused-ring (bicyclic) bond motifs is 1. The third-order valence-corrected chi connectivity index (χ3v) is 6.45. The van der Waals surface area contributed by atoms with Gasteiger partial charge in [-0.15, -0.1) is 11.3 Å². The number of hydrogen-bond donors (Lipinski definition) is 0. The molecule has 4 aromatic rings. The standard InChI is InChI=1S/C22H20N4OS/c27-22(16-8-10-18(11-9-16)26-14-4-12-23-26)25-13-3-5-17(15-25)21-24-19-6-1-2-7-20(19)28-21/h1-2,4,6-12,14,17H,3,5,13,15H2/t17-/m0/s1. The lowest BCUT2D eigenvalue weighted by molar-refractivity contribution is 0.0707. The van der Waals surface area contributed by atoms with Gasteiger partial charge >= 0.3 is 0 Å². The highest BCUT2D eigenvalue weighted by Gasteiger charge is 2.27. The van der Waals surface area contributed by atoms with E-state index in [2.05, 4.69) is 17.2 Å². The number of thiazole rings is 1. The summed E-state index contributed by atoms with van der Waals surface area (Å²) in [5.74, 6) is 0.413. The van der Waals surface area contributed by atoms with E-state index in [1.54, 1.807) is 22.2 Å². The van der Waals surface area contributed by atoms with Crippen molar-refractivity contribution in [2.75, 3.05) is 13.1 Å². The van der Waals surface area contributed by atoms with Crippen LogP contribution in [0.25, 0.3) is 15.9 Å². The molecule has 0 saturated carbocycles. The number of hydrogen-bond acceptors (Lipinski definition) is 4. The van der Waals surface area contributed by atoms with Gasteiger partial charge in [-0.05, 0) is 55.3 Å². The molecule has 1 fully saturated rings. The Balaban J connectivity index is 1.33. The molecule has 1 saturated heterocycles. The number of rotatable bonds is 3. The molecule has 3 heterocycles. The van der Waals surface area contributed by atoms with Crippen molar-refractivity contribution in [1.29, 1.82) is 0 Å². The molecule has 5 nitrogen and oxygen atoms in total. The maximum absolute atomic E-state index is 13.0. The van der Waals surface area contributed by atoms with Crippen LogP contribution in [0.15, 0.2) is 67.0 Å². The van der Waals surface area contributed by atoms with Gasteiger partial charge in [-0.3, -0.25) is 4.79 Å². The van der Waals surface area contributed by atoms with Crippen molar-refractivity contribution in [3.63, 3.8) is 0 Å². The van der Waals surface area contributed by atoms with Gasteiger partial charge in [0.15, 0.2) is 0 Å². The number of carbonyl (C=O) groups excluding carboxylic acids is 1. The first-order valence-corrected chi connectivity index (χ1v) is 10.3. The number of aromatic nitrogens is 3. The Bertz CT molecular complexity index is 1070. The third kappa shape index (κ3) is 3.20. The number of benzene rings is 2. The molecule has 0 N–H and O–H groups in total. The van der Waals surface area contributed by atoms with Crippen LogP contribution in [-0.2, 0) is 0 Å². The second-order valence-corrected chi connectivity index (χ2v) is 8.17. The lowest BCUT2D eigenvalue weighted by Crippen LogP contribution is -2.39. The Morgan fingerprint density at radius 2 is 1.93 bits per heavy atom.